The van der Waals surface area contributed by atoms with Gasteiger partial charge in [0.1, 0.15) is 11.3 Å². The van der Waals surface area contributed by atoms with Crippen molar-refractivity contribution < 1.29 is 19.2 Å². The van der Waals surface area contributed by atoms with Crippen molar-refractivity contribution in [3.05, 3.63) is 41.0 Å². The van der Waals surface area contributed by atoms with Crippen LogP contribution in [-0.4, -0.2) is 21.2 Å². The predicted molar refractivity (Wildman–Crippen MR) is 75.4 cm³/mol. The van der Waals surface area contributed by atoms with Gasteiger partial charge in [-0.2, -0.15) is 4.98 Å². The number of carboxylic acids is 1. The molecule has 21 heavy (non-hydrogen) atoms. The Morgan fingerprint density at radius 3 is 2.95 bits per heavy atom. The molecule has 0 saturated carbocycles. The van der Waals surface area contributed by atoms with E-state index in [4.69, 9.17) is 14.4 Å². The molecule has 6 heteroatoms. The lowest BCUT2D eigenvalue weighted by Gasteiger charge is -2.09. The number of carboxylic acid groups (broad SMARTS) is 1. The fourth-order valence-corrected chi connectivity index (χ4v) is 1.93. The highest BCUT2D eigenvalue weighted by molar-refractivity contribution is 5.91. The van der Waals surface area contributed by atoms with E-state index in [1.54, 1.807) is 19.1 Å². The number of hydrogen-bond donors (Lipinski definition) is 1. The van der Waals surface area contributed by atoms with E-state index in [1.165, 1.54) is 6.07 Å². The number of rotatable bonds is 7. The van der Waals surface area contributed by atoms with Crippen molar-refractivity contribution in [1.82, 2.24) is 10.1 Å². The van der Waals surface area contributed by atoms with Gasteiger partial charge in [-0.05, 0) is 25.0 Å². The molecular weight excluding hydrogens is 272 g/mol. The average Bonchev–Trinajstić information content (AvgIpc) is 2.91. The third kappa shape index (κ3) is 3.81. The van der Waals surface area contributed by atoms with Crippen molar-refractivity contribution in [2.75, 3.05) is 0 Å². The van der Waals surface area contributed by atoms with Crippen molar-refractivity contribution in [2.24, 2.45) is 0 Å². The fourth-order valence-electron chi connectivity index (χ4n) is 1.93. The third-order valence-electron chi connectivity index (χ3n) is 3.05. The molecule has 0 aliphatic rings. The van der Waals surface area contributed by atoms with Crippen LogP contribution in [0.2, 0.25) is 0 Å². The van der Waals surface area contributed by atoms with Gasteiger partial charge in [0, 0.05) is 6.42 Å². The quantitative estimate of drug-likeness (QED) is 0.843. The summed E-state index contributed by atoms with van der Waals surface area (Å²) in [5.41, 5.74) is 0.876. The Kier molecular flexibility index (Phi) is 4.92. The van der Waals surface area contributed by atoms with Crippen molar-refractivity contribution in [2.45, 2.75) is 39.7 Å². The monoisotopic (exact) mass is 290 g/mol. The van der Waals surface area contributed by atoms with Crippen LogP contribution < -0.4 is 4.74 Å². The van der Waals surface area contributed by atoms with E-state index >= 15 is 0 Å². The van der Waals surface area contributed by atoms with Gasteiger partial charge in [0.2, 0.25) is 0 Å². The van der Waals surface area contributed by atoms with E-state index in [0.717, 1.165) is 24.8 Å². The average molecular weight is 290 g/mol. The summed E-state index contributed by atoms with van der Waals surface area (Å²) >= 11 is 0. The fraction of sp³-hybridized carbons (Fsp3) is 0.400. The second-order valence-corrected chi connectivity index (χ2v) is 4.75. The number of carbonyl (C=O) groups is 1. The number of para-hydroxylation sites is 1. The highest BCUT2D eigenvalue weighted by Crippen LogP contribution is 2.24. The number of aromatic nitrogens is 2. The Labute approximate surface area is 122 Å². The zero-order valence-corrected chi connectivity index (χ0v) is 12.1. The molecule has 1 aromatic carbocycles. The van der Waals surface area contributed by atoms with Gasteiger partial charge < -0.3 is 14.4 Å². The van der Waals surface area contributed by atoms with Gasteiger partial charge >= 0.3 is 5.97 Å². The number of aromatic carboxylic acids is 1. The Morgan fingerprint density at radius 1 is 1.43 bits per heavy atom. The largest absolute Gasteiger partial charge is 0.483 e. The predicted octanol–water partition coefficient (Wildman–Crippen LogP) is 3.00. The molecule has 1 heterocycles. The first kappa shape index (κ1) is 15.0. The molecule has 0 spiro atoms. The molecule has 1 aromatic heterocycles. The van der Waals surface area contributed by atoms with Crippen LogP contribution in [0.4, 0.5) is 0 Å². The second-order valence-electron chi connectivity index (χ2n) is 4.75. The third-order valence-corrected chi connectivity index (χ3v) is 3.05. The summed E-state index contributed by atoms with van der Waals surface area (Å²) in [7, 11) is 0. The first-order valence-electron chi connectivity index (χ1n) is 6.89. The van der Waals surface area contributed by atoms with Crippen LogP contribution in [0, 0.1) is 6.92 Å². The SMILES string of the molecule is CCCCc1noc(COc2c(C)cccc2C(=O)O)n1. The molecule has 0 radical (unpaired) electrons. The maximum absolute atomic E-state index is 11.2. The van der Waals surface area contributed by atoms with Gasteiger partial charge in [0.15, 0.2) is 12.4 Å². The number of ether oxygens (including phenoxy) is 1. The normalized spacial score (nSPS) is 10.6. The van der Waals surface area contributed by atoms with Crippen LogP contribution in [0.15, 0.2) is 22.7 Å². The number of benzene rings is 1. The molecule has 112 valence electrons. The molecule has 2 aromatic rings. The molecular formula is C15H18N2O4. The van der Waals surface area contributed by atoms with Gasteiger partial charge in [-0.3, -0.25) is 0 Å². The van der Waals surface area contributed by atoms with Crippen molar-refractivity contribution in [3.8, 4) is 5.75 Å². The van der Waals surface area contributed by atoms with Crippen LogP contribution in [0.3, 0.4) is 0 Å². The van der Waals surface area contributed by atoms with E-state index in [1.807, 2.05) is 0 Å². The van der Waals surface area contributed by atoms with E-state index in [2.05, 4.69) is 17.1 Å². The molecule has 0 bridgehead atoms. The molecule has 0 aliphatic heterocycles. The lowest BCUT2D eigenvalue weighted by molar-refractivity contribution is 0.0690. The summed E-state index contributed by atoms with van der Waals surface area (Å²) in [5.74, 6) is 0.306. The smallest absolute Gasteiger partial charge is 0.339 e. The van der Waals surface area contributed by atoms with E-state index in [0.29, 0.717) is 17.5 Å². The first-order valence-corrected chi connectivity index (χ1v) is 6.89. The Morgan fingerprint density at radius 2 is 2.24 bits per heavy atom. The van der Waals surface area contributed by atoms with Crippen LogP contribution in [0.1, 0.15) is 47.4 Å². The molecule has 0 atom stereocenters. The molecule has 0 saturated heterocycles. The van der Waals surface area contributed by atoms with E-state index < -0.39 is 5.97 Å². The maximum Gasteiger partial charge on any atom is 0.339 e. The minimum Gasteiger partial charge on any atom is -0.483 e. The van der Waals surface area contributed by atoms with E-state index in [-0.39, 0.29) is 12.2 Å². The summed E-state index contributed by atoms with van der Waals surface area (Å²) in [5, 5.41) is 13.0. The number of hydrogen-bond acceptors (Lipinski definition) is 5. The lowest BCUT2D eigenvalue weighted by atomic mass is 10.1. The Balaban J connectivity index is 2.06. The number of nitrogens with zero attached hydrogens (tertiary/aromatic N) is 2. The molecule has 0 amide bonds. The van der Waals surface area contributed by atoms with Crippen molar-refractivity contribution in [1.29, 1.82) is 0 Å². The molecule has 2 rings (SSSR count). The molecule has 6 nitrogen and oxygen atoms in total. The van der Waals surface area contributed by atoms with Crippen LogP contribution >= 0.6 is 0 Å². The highest BCUT2D eigenvalue weighted by Gasteiger charge is 2.15. The minimum absolute atomic E-state index is 0.0598. The van der Waals surface area contributed by atoms with Crippen LogP contribution in [0.25, 0.3) is 0 Å². The summed E-state index contributed by atoms with van der Waals surface area (Å²) in [6.07, 6.45) is 2.83. The molecule has 0 aliphatic carbocycles. The minimum atomic E-state index is -1.03. The van der Waals surface area contributed by atoms with Gasteiger partial charge in [-0.1, -0.05) is 30.6 Å². The molecule has 0 fully saturated rings. The van der Waals surface area contributed by atoms with Crippen LogP contribution in [0.5, 0.6) is 5.75 Å². The molecule has 1 N–H and O–H groups in total. The number of unbranched alkanes of at least 4 members (excludes halogenated alkanes) is 1. The second kappa shape index (κ2) is 6.88. The first-order chi connectivity index (χ1) is 10.1. The molecule has 0 unspecified atom stereocenters. The Hall–Kier alpha value is -2.37. The summed E-state index contributed by atoms with van der Waals surface area (Å²) in [6, 6.07) is 4.98. The standard InChI is InChI=1S/C15H18N2O4/c1-3-4-8-12-16-13(21-17-12)9-20-14-10(2)6-5-7-11(14)15(18)19/h5-7H,3-4,8-9H2,1-2H3,(H,18,19). The zero-order chi connectivity index (χ0) is 15.2. The summed E-state index contributed by atoms with van der Waals surface area (Å²) < 4.78 is 10.6. The van der Waals surface area contributed by atoms with Crippen LogP contribution in [-0.2, 0) is 13.0 Å². The van der Waals surface area contributed by atoms with E-state index in [9.17, 15) is 4.79 Å². The highest BCUT2D eigenvalue weighted by atomic mass is 16.5. The summed E-state index contributed by atoms with van der Waals surface area (Å²) in [4.78, 5) is 15.4. The Bertz CT molecular complexity index is 622. The maximum atomic E-state index is 11.2. The number of aryl methyl sites for hydroxylation is 2. The van der Waals surface area contributed by atoms with Crippen molar-refractivity contribution >= 4 is 5.97 Å². The van der Waals surface area contributed by atoms with Crippen molar-refractivity contribution in [3.63, 3.8) is 0 Å². The summed E-state index contributed by atoms with van der Waals surface area (Å²) in [6.45, 7) is 3.95. The lowest BCUT2D eigenvalue weighted by Crippen LogP contribution is -2.05. The topological polar surface area (TPSA) is 85.5 Å². The van der Waals surface area contributed by atoms with Gasteiger partial charge in [-0.15, -0.1) is 0 Å². The van der Waals surface area contributed by atoms with Gasteiger partial charge in [0.05, 0.1) is 0 Å². The van der Waals surface area contributed by atoms with Gasteiger partial charge in [0.25, 0.3) is 5.89 Å². The van der Waals surface area contributed by atoms with Gasteiger partial charge in [-0.25, -0.2) is 4.79 Å². The zero-order valence-electron chi connectivity index (χ0n) is 12.1.